The van der Waals surface area contributed by atoms with E-state index in [1.54, 1.807) is 11.3 Å². The molecule has 2 aliphatic heterocycles. The molecule has 4 rings (SSSR count). The number of likely N-dealkylation sites (tertiary alicyclic amines) is 1. The Balaban J connectivity index is 1.41. The first-order valence-electron chi connectivity index (χ1n) is 8.75. The Hall–Kier alpha value is -1.72. The number of para-hydroxylation sites is 1. The molecule has 2 aliphatic rings. The van der Waals surface area contributed by atoms with E-state index in [1.807, 2.05) is 18.2 Å². The minimum Gasteiger partial charge on any atom is -0.324 e. The van der Waals surface area contributed by atoms with Crippen LogP contribution in [0, 0.1) is 6.92 Å². The molecule has 1 amide bonds. The third-order valence-corrected chi connectivity index (χ3v) is 6.35. The van der Waals surface area contributed by atoms with Crippen molar-refractivity contribution in [1.82, 2.24) is 9.88 Å². The summed E-state index contributed by atoms with van der Waals surface area (Å²) in [5.41, 5.74) is 3.36. The Morgan fingerprint density at radius 1 is 1.21 bits per heavy atom. The topological polar surface area (TPSA) is 45.2 Å². The molecule has 1 atom stereocenters. The smallest absolute Gasteiger partial charge is 0.241 e. The van der Waals surface area contributed by atoms with Gasteiger partial charge in [0.15, 0.2) is 0 Å². The molecule has 2 aromatic rings. The highest BCUT2D eigenvalue weighted by Gasteiger charge is 2.32. The van der Waals surface area contributed by atoms with Gasteiger partial charge in [-0.25, -0.2) is 4.98 Å². The van der Waals surface area contributed by atoms with Crippen LogP contribution in [0.4, 0.5) is 5.69 Å². The highest BCUT2D eigenvalue weighted by Crippen LogP contribution is 2.32. The van der Waals surface area contributed by atoms with Crippen molar-refractivity contribution in [2.24, 2.45) is 0 Å². The van der Waals surface area contributed by atoms with E-state index < -0.39 is 0 Å². The van der Waals surface area contributed by atoms with Crippen LogP contribution in [-0.4, -0.2) is 34.9 Å². The lowest BCUT2D eigenvalue weighted by Gasteiger charge is -2.35. The Kier molecular flexibility index (Phi) is 4.37. The summed E-state index contributed by atoms with van der Waals surface area (Å²) in [6.07, 6.45) is 4.07. The molecule has 1 aromatic heterocycles. The monoisotopic (exact) mass is 341 g/mol. The van der Waals surface area contributed by atoms with Crippen molar-refractivity contribution < 1.29 is 4.79 Å². The molecule has 0 bridgehead atoms. The number of benzene rings is 1. The number of carbonyl (C=O) groups excluding carboxylic acids is 1. The number of hydrogen-bond acceptors (Lipinski definition) is 4. The molecule has 0 aliphatic carbocycles. The van der Waals surface area contributed by atoms with Gasteiger partial charge in [0, 0.05) is 22.7 Å². The third-order valence-electron chi connectivity index (χ3n) is 5.22. The van der Waals surface area contributed by atoms with E-state index in [1.165, 1.54) is 10.6 Å². The Morgan fingerprint density at radius 3 is 2.75 bits per heavy atom. The van der Waals surface area contributed by atoms with Crippen LogP contribution < -0.4 is 5.32 Å². The normalized spacial score (nSPS) is 22.7. The molecular weight excluding hydrogens is 318 g/mol. The van der Waals surface area contributed by atoms with Gasteiger partial charge in [0.25, 0.3) is 0 Å². The summed E-state index contributed by atoms with van der Waals surface area (Å²) in [4.78, 5) is 19.7. The second kappa shape index (κ2) is 6.65. The molecule has 1 aromatic carbocycles. The molecule has 1 fully saturated rings. The number of hydrogen-bond donors (Lipinski definition) is 1. The second-order valence-electron chi connectivity index (χ2n) is 6.84. The van der Waals surface area contributed by atoms with E-state index in [-0.39, 0.29) is 11.9 Å². The number of aromatic nitrogens is 1. The number of anilines is 1. The van der Waals surface area contributed by atoms with Crippen molar-refractivity contribution in [2.75, 3.05) is 18.4 Å². The number of nitrogens with one attached hydrogen (secondary N) is 1. The standard InChI is InChI=1S/C19H23N3OS/c1-13-12-24-19(20-13)15-8-10-22(11-9-15)17-7-6-14-4-2-3-5-16(14)21-18(17)23/h2-5,12,15,17H,6-11H2,1H3,(H,21,23)/t17-/m1/s1. The summed E-state index contributed by atoms with van der Waals surface area (Å²) in [6.45, 7) is 4.03. The molecule has 24 heavy (non-hydrogen) atoms. The molecule has 0 spiro atoms. The number of carbonyl (C=O) groups is 1. The van der Waals surface area contributed by atoms with Gasteiger partial charge >= 0.3 is 0 Å². The minimum atomic E-state index is -0.00335. The second-order valence-corrected chi connectivity index (χ2v) is 7.73. The van der Waals surface area contributed by atoms with E-state index >= 15 is 0 Å². The maximum atomic E-state index is 12.7. The molecule has 4 nitrogen and oxygen atoms in total. The quantitative estimate of drug-likeness (QED) is 0.908. The fourth-order valence-corrected chi connectivity index (χ4v) is 4.83. The molecule has 5 heteroatoms. The van der Waals surface area contributed by atoms with Gasteiger partial charge in [-0.3, -0.25) is 9.69 Å². The fourth-order valence-electron chi connectivity index (χ4n) is 3.87. The van der Waals surface area contributed by atoms with Crippen LogP contribution in [0.5, 0.6) is 0 Å². The molecule has 0 unspecified atom stereocenters. The summed E-state index contributed by atoms with van der Waals surface area (Å²) in [5, 5.41) is 6.53. The third kappa shape index (κ3) is 3.10. The largest absolute Gasteiger partial charge is 0.324 e. The fraction of sp³-hybridized carbons (Fsp3) is 0.474. The Morgan fingerprint density at radius 2 is 2.00 bits per heavy atom. The van der Waals surface area contributed by atoms with Gasteiger partial charge in [-0.15, -0.1) is 11.3 Å². The number of amides is 1. The highest BCUT2D eigenvalue weighted by molar-refractivity contribution is 7.09. The zero-order valence-corrected chi connectivity index (χ0v) is 14.8. The van der Waals surface area contributed by atoms with Crippen LogP contribution in [-0.2, 0) is 11.2 Å². The zero-order chi connectivity index (χ0) is 16.5. The van der Waals surface area contributed by atoms with Crippen LogP contribution in [0.15, 0.2) is 29.6 Å². The number of piperidine rings is 1. The SMILES string of the molecule is Cc1csc(C2CCN([C@@H]3CCc4ccccc4NC3=O)CC2)n1. The summed E-state index contributed by atoms with van der Waals surface area (Å²) in [7, 11) is 0. The van der Waals surface area contributed by atoms with Crippen molar-refractivity contribution in [2.45, 2.75) is 44.6 Å². The molecule has 1 N–H and O–H groups in total. The van der Waals surface area contributed by atoms with Crippen molar-refractivity contribution >= 4 is 22.9 Å². The average molecular weight is 341 g/mol. The first-order valence-corrected chi connectivity index (χ1v) is 9.63. The average Bonchev–Trinajstić information content (AvgIpc) is 2.95. The van der Waals surface area contributed by atoms with Crippen LogP contribution in [0.2, 0.25) is 0 Å². The first kappa shape index (κ1) is 15.8. The molecule has 0 radical (unpaired) electrons. The molecule has 0 saturated carbocycles. The van der Waals surface area contributed by atoms with Gasteiger partial charge in [0.05, 0.1) is 11.0 Å². The van der Waals surface area contributed by atoms with Crippen LogP contribution in [0.3, 0.4) is 0 Å². The van der Waals surface area contributed by atoms with Gasteiger partial charge in [0.1, 0.15) is 0 Å². The van der Waals surface area contributed by atoms with Crippen LogP contribution in [0.1, 0.15) is 41.4 Å². The predicted molar refractivity (Wildman–Crippen MR) is 97.6 cm³/mol. The summed E-state index contributed by atoms with van der Waals surface area (Å²) >= 11 is 1.78. The maximum absolute atomic E-state index is 12.7. The van der Waals surface area contributed by atoms with Gasteiger partial charge in [0.2, 0.25) is 5.91 Å². The van der Waals surface area contributed by atoms with E-state index in [0.717, 1.165) is 50.2 Å². The highest BCUT2D eigenvalue weighted by atomic mass is 32.1. The van der Waals surface area contributed by atoms with Crippen molar-refractivity contribution in [3.05, 3.63) is 45.9 Å². The summed E-state index contributed by atoms with van der Waals surface area (Å²) < 4.78 is 0. The number of fused-ring (bicyclic) bond motifs is 1. The first-order chi connectivity index (χ1) is 11.7. The number of rotatable bonds is 2. The van der Waals surface area contributed by atoms with Crippen LogP contribution >= 0.6 is 11.3 Å². The number of aryl methyl sites for hydroxylation is 2. The zero-order valence-electron chi connectivity index (χ0n) is 14.0. The van der Waals surface area contributed by atoms with E-state index in [9.17, 15) is 4.79 Å². The van der Waals surface area contributed by atoms with E-state index in [2.05, 4.69) is 33.6 Å². The molecule has 3 heterocycles. The van der Waals surface area contributed by atoms with Crippen molar-refractivity contribution in [1.29, 1.82) is 0 Å². The van der Waals surface area contributed by atoms with Crippen molar-refractivity contribution in [3.63, 3.8) is 0 Å². The van der Waals surface area contributed by atoms with E-state index in [4.69, 9.17) is 0 Å². The van der Waals surface area contributed by atoms with E-state index in [0.29, 0.717) is 5.92 Å². The van der Waals surface area contributed by atoms with Crippen LogP contribution in [0.25, 0.3) is 0 Å². The van der Waals surface area contributed by atoms with Gasteiger partial charge in [-0.05, 0) is 57.3 Å². The Bertz CT molecular complexity index is 734. The summed E-state index contributed by atoms with van der Waals surface area (Å²) in [6, 6.07) is 8.16. The van der Waals surface area contributed by atoms with Gasteiger partial charge in [-0.2, -0.15) is 0 Å². The lowest BCUT2D eigenvalue weighted by molar-refractivity contribution is -0.121. The molecular formula is C19H23N3OS. The van der Waals surface area contributed by atoms with Crippen molar-refractivity contribution in [3.8, 4) is 0 Å². The summed E-state index contributed by atoms with van der Waals surface area (Å²) in [5.74, 6) is 0.717. The Labute approximate surface area is 146 Å². The lowest BCUT2D eigenvalue weighted by atomic mass is 9.95. The molecule has 1 saturated heterocycles. The molecule has 126 valence electrons. The van der Waals surface area contributed by atoms with Gasteiger partial charge < -0.3 is 5.32 Å². The number of nitrogens with zero attached hydrogens (tertiary/aromatic N) is 2. The van der Waals surface area contributed by atoms with Gasteiger partial charge in [-0.1, -0.05) is 18.2 Å². The predicted octanol–water partition coefficient (Wildman–Crippen LogP) is 3.58. The number of thiazole rings is 1. The lowest BCUT2D eigenvalue weighted by Crippen LogP contribution is -2.47. The minimum absolute atomic E-state index is 0.00335. The maximum Gasteiger partial charge on any atom is 0.241 e.